The van der Waals surface area contributed by atoms with Crippen LogP contribution < -0.4 is 0 Å². The van der Waals surface area contributed by atoms with Gasteiger partial charge in [-0.15, -0.1) is 0 Å². The van der Waals surface area contributed by atoms with E-state index in [4.69, 9.17) is 0 Å². The molecule has 0 radical (unpaired) electrons. The van der Waals surface area contributed by atoms with Gasteiger partial charge >= 0.3 is 0 Å². The van der Waals surface area contributed by atoms with E-state index in [1.54, 1.807) is 0 Å². The van der Waals surface area contributed by atoms with Crippen molar-refractivity contribution in [1.29, 1.82) is 0 Å². The maximum atomic E-state index is 12.5. The lowest BCUT2D eigenvalue weighted by Crippen LogP contribution is -2.47. The number of hydrogen-bond acceptors (Lipinski definition) is 3. The monoisotopic (exact) mass is 265 g/mol. The van der Waals surface area contributed by atoms with Crippen molar-refractivity contribution in [3.8, 4) is 0 Å². The number of carbonyl (C=O) groups excluding carboxylic acids is 2. The van der Waals surface area contributed by atoms with Crippen LogP contribution in [0, 0.1) is 17.8 Å². The van der Waals surface area contributed by atoms with E-state index < -0.39 is 6.10 Å². The van der Waals surface area contributed by atoms with E-state index >= 15 is 0 Å². The quantitative estimate of drug-likeness (QED) is 0.580. The van der Waals surface area contributed by atoms with Crippen molar-refractivity contribution >= 4 is 11.8 Å². The maximum Gasteiger partial charge on any atom is 0.233 e. The van der Waals surface area contributed by atoms with E-state index in [-0.39, 0.29) is 29.7 Å². The van der Waals surface area contributed by atoms with Gasteiger partial charge in [0.05, 0.1) is 24.0 Å². The summed E-state index contributed by atoms with van der Waals surface area (Å²) < 4.78 is 0. The lowest BCUT2D eigenvalue weighted by atomic mass is 10.00. The predicted octanol–water partition coefficient (Wildman–Crippen LogP) is 1.71. The number of carbonyl (C=O) groups is 2. The van der Waals surface area contributed by atoms with Gasteiger partial charge in [0.2, 0.25) is 11.8 Å². The molecule has 2 amide bonds. The molecule has 19 heavy (non-hydrogen) atoms. The standard InChI is InChI=1S/C15H23NO3/c1-9-7-10-11(8-9)15(19)16(14(10)18)12-5-3-2-4-6-13(12)17/h9-13,17H,2-8H2,1H3. The highest BCUT2D eigenvalue weighted by molar-refractivity contribution is 6.05. The van der Waals surface area contributed by atoms with Gasteiger partial charge in [-0.05, 0) is 31.6 Å². The van der Waals surface area contributed by atoms with Gasteiger partial charge in [-0.25, -0.2) is 0 Å². The van der Waals surface area contributed by atoms with Crippen LogP contribution in [0.15, 0.2) is 0 Å². The van der Waals surface area contributed by atoms with Crippen LogP contribution in [0.1, 0.15) is 51.9 Å². The summed E-state index contributed by atoms with van der Waals surface area (Å²) >= 11 is 0. The molecule has 3 rings (SSSR count). The predicted molar refractivity (Wildman–Crippen MR) is 70.1 cm³/mol. The van der Waals surface area contributed by atoms with Crippen molar-refractivity contribution in [1.82, 2.24) is 4.90 Å². The second-order valence-electron chi connectivity index (χ2n) is 6.61. The van der Waals surface area contributed by atoms with E-state index in [0.29, 0.717) is 12.3 Å². The molecule has 4 atom stereocenters. The molecule has 0 aromatic heterocycles. The zero-order chi connectivity index (χ0) is 13.6. The summed E-state index contributed by atoms with van der Waals surface area (Å²) in [6.07, 6.45) is 5.74. The highest BCUT2D eigenvalue weighted by Crippen LogP contribution is 2.44. The molecule has 3 aliphatic rings. The van der Waals surface area contributed by atoms with Crippen LogP contribution in [0.4, 0.5) is 0 Å². The normalized spacial score (nSPS) is 43.5. The molecule has 1 heterocycles. The molecule has 106 valence electrons. The lowest BCUT2D eigenvalue weighted by Gasteiger charge is -2.30. The number of nitrogens with zero attached hydrogens (tertiary/aromatic N) is 1. The highest BCUT2D eigenvalue weighted by Gasteiger charge is 2.54. The Morgan fingerprint density at radius 2 is 1.58 bits per heavy atom. The second kappa shape index (κ2) is 4.89. The minimum Gasteiger partial charge on any atom is -0.391 e. The molecule has 0 bridgehead atoms. The summed E-state index contributed by atoms with van der Waals surface area (Å²) in [7, 11) is 0. The first kappa shape index (κ1) is 13.1. The van der Waals surface area contributed by atoms with Crippen molar-refractivity contribution < 1.29 is 14.7 Å². The zero-order valence-electron chi connectivity index (χ0n) is 11.5. The molecule has 0 aromatic rings. The first-order valence-electron chi connectivity index (χ1n) is 7.64. The SMILES string of the molecule is CC1CC2C(=O)N(C3CCCCCC3O)C(=O)C2C1. The van der Waals surface area contributed by atoms with Crippen LogP contribution in [-0.2, 0) is 9.59 Å². The summed E-state index contributed by atoms with van der Waals surface area (Å²) in [4.78, 5) is 26.4. The third-order valence-corrected chi connectivity index (χ3v) is 5.18. The van der Waals surface area contributed by atoms with E-state index in [1.807, 2.05) is 0 Å². The number of amides is 2. The fraction of sp³-hybridized carbons (Fsp3) is 0.867. The van der Waals surface area contributed by atoms with Crippen molar-refractivity contribution in [2.75, 3.05) is 0 Å². The third-order valence-electron chi connectivity index (χ3n) is 5.18. The van der Waals surface area contributed by atoms with Gasteiger partial charge in [-0.1, -0.05) is 26.2 Å². The van der Waals surface area contributed by atoms with Crippen molar-refractivity contribution in [2.24, 2.45) is 17.8 Å². The number of rotatable bonds is 1. The first-order chi connectivity index (χ1) is 9.09. The highest BCUT2D eigenvalue weighted by atomic mass is 16.3. The van der Waals surface area contributed by atoms with E-state index in [0.717, 1.165) is 38.5 Å². The fourth-order valence-corrected chi connectivity index (χ4v) is 4.20. The maximum absolute atomic E-state index is 12.5. The van der Waals surface area contributed by atoms with E-state index in [1.165, 1.54) is 4.90 Å². The van der Waals surface area contributed by atoms with Gasteiger partial charge in [0.25, 0.3) is 0 Å². The van der Waals surface area contributed by atoms with Gasteiger partial charge < -0.3 is 5.11 Å². The smallest absolute Gasteiger partial charge is 0.233 e. The molecular weight excluding hydrogens is 242 g/mol. The Balaban J connectivity index is 1.81. The minimum atomic E-state index is -0.522. The van der Waals surface area contributed by atoms with Gasteiger partial charge in [-0.2, -0.15) is 0 Å². The number of imide groups is 1. The fourth-order valence-electron chi connectivity index (χ4n) is 4.20. The van der Waals surface area contributed by atoms with Gasteiger partial charge in [0, 0.05) is 0 Å². The van der Waals surface area contributed by atoms with Crippen LogP contribution in [0.5, 0.6) is 0 Å². The van der Waals surface area contributed by atoms with Crippen LogP contribution in [-0.4, -0.2) is 34.0 Å². The molecule has 1 saturated heterocycles. The molecule has 1 aliphatic heterocycles. The molecule has 0 spiro atoms. The van der Waals surface area contributed by atoms with Crippen LogP contribution >= 0.6 is 0 Å². The number of aliphatic hydroxyl groups excluding tert-OH is 1. The van der Waals surface area contributed by atoms with Gasteiger partial charge in [0.1, 0.15) is 0 Å². The largest absolute Gasteiger partial charge is 0.391 e. The number of hydrogen-bond donors (Lipinski definition) is 1. The summed E-state index contributed by atoms with van der Waals surface area (Å²) in [5, 5.41) is 10.2. The Kier molecular flexibility index (Phi) is 3.37. The molecule has 4 nitrogen and oxygen atoms in total. The molecule has 3 fully saturated rings. The third kappa shape index (κ3) is 2.10. The average molecular weight is 265 g/mol. The number of fused-ring (bicyclic) bond motifs is 1. The van der Waals surface area contributed by atoms with Crippen molar-refractivity contribution in [2.45, 2.75) is 64.0 Å². The van der Waals surface area contributed by atoms with E-state index in [9.17, 15) is 14.7 Å². The molecule has 4 unspecified atom stereocenters. The molecule has 4 heteroatoms. The van der Waals surface area contributed by atoms with Crippen LogP contribution in [0.3, 0.4) is 0 Å². The minimum absolute atomic E-state index is 0.00898. The summed E-state index contributed by atoms with van der Waals surface area (Å²) in [5.41, 5.74) is 0. The molecule has 2 aliphatic carbocycles. The first-order valence-corrected chi connectivity index (χ1v) is 7.64. The second-order valence-corrected chi connectivity index (χ2v) is 6.61. The Bertz CT molecular complexity index is 371. The Hall–Kier alpha value is -0.900. The van der Waals surface area contributed by atoms with Crippen molar-refractivity contribution in [3.05, 3.63) is 0 Å². The van der Waals surface area contributed by atoms with Gasteiger partial charge in [-0.3, -0.25) is 14.5 Å². The molecule has 2 saturated carbocycles. The Labute approximate surface area is 114 Å². The number of likely N-dealkylation sites (tertiary alicyclic amines) is 1. The lowest BCUT2D eigenvalue weighted by molar-refractivity contribution is -0.146. The van der Waals surface area contributed by atoms with Crippen molar-refractivity contribution in [3.63, 3.8) is 0 Å². The Morgan fingerprint density at radius 3 is 2.21 bits per heavy atom. The summed E-state index contributed by atoms with van der Waals surface area (Å²) in [6, 6.07) is -0.261. The molecule has 0 aromatic carbocycles. The zero-order valence-corrected chi connectivity index (χ0v) is 11.5. The molecule has 1 N–H and O–H groups in total. The summed E-state index contributed by atoms with van der Waals surface area (Å²) in [6.45, 7) is 2.11. The van der Waals surface area contributed by atoms with Crippen LogP contribution in [0.25, 0.3) is 0 Å². The van der Waals surface area contributed by atoms with Gasteiger partial charge in [0.15, 0.2) is 0 Å². The Morgan fingerprint density at radius 1 is 1.00 bits per heavy atom. The topological polar surface area (TPSA) is 57.6 Å². The molecular formula is C15H23NO3. The summed E-state index contributed by atoms with van der Waals surface area (Å²) in [5.74, 6) is 0.260. The average Bonchev–Trinajstić information content (AvgIpc) is 2.76. The van der Waals surface area contributed by atoms with E-state index in [2.05, 4.69) is 6.92 Å². The number of aliphatic hydroxyl groups is 1. The van der Waals surface area contributed by atoms with Crippen LogP contribution in [0.2, 0.25) is 0 Å².